The van der Waals surface area contributed by atoms with Gasteiger partial charge in [-0.1, -0.05) is 24.3 Å². The molecule has 7 heteroatoms. The first-order valence-corrected chi connectivity index (χ1v) is 8.99. The fourth-order valence-electron chi connectivity index (χ4n) is 2.08. The molecule has 0 unspecified atom stereocenters. The van der Waals surface area contributed by atoms with Crippen molar-refractivity contribution in [3.8, 4) is 5.75 Å². The van der Waals surface area contributed by atoms with Crippen LogP contribution in [0.3, 0.4) is 0 Å². The number of hydrogen-bond acceptors (Lipinski definition) is 5. The van der Waals surface area contributed by atoms with E-state index >= 15 is 0 Å². The van der Waals surface area contributed by atoms with Crippen molar-refractivity contribution in [3.63, 3.8) is 0 Å². The molecular formula is C19H20FNO4S. The van der Waals surface area contributed by atoms with Gasteiger partial charge in [0.2, 0.25) is 0 Å². The minimum Gasteiger partial charge on any atom is -0.497 e. The van der Waals surface area contributed by atoms with Crippen LogP contribution in [0.25, 0.3) is 0 Å². The number of thioether (sulfide) groups is 1. The zero-order valence-corrected chi connectivity index (χ0v) is 15.2. The lowest BCUT2D eigenvalue weighted by atomic mass is 10.1. The molecule has 5 nitrogen and oxygen atoms in total. The van der Waals surface area contributed by atoms with E-state index in [1.807, 2.05) is 24.3 Å². The molecule has 2 rings (SSSR count). The summed E-state index contributed by atoms with van der Waals surface area (Å²) in [6.45, 7) is 0.0893. The Hall–Kier alpha value is -2.54. The quantitative estimate of drug-likeness (QED) is 0.538. The predicted molar refractivity (Wildman–Crippen MR) is 97.8 cm³/mol. The van der Waals surface area contributed by atoms with Gasteiger partial charge in [-0.3, -0.25) is 9.59 Å². The zero-order chi connectivity index (χ0) is 18.8. The van der Waals surface area contributed by atoms with E-state index in [0.29, 0.717) is 17.9 Å². The molecule has 138 valence electrons. The van der Waals surface area contributed by atoms with Crippen molar-refractivity contribution in [1.82, 2.24) is 5.32 Å². The third kappa shape index (κ3) is 6.76. The van der Waals surface area contributed by atoms with E-state index in [1.54, 1.807) is 25.3 Å². The van der Waals surface area contributed by atoms with Crippen molar-refractivity contribution >= 4 is 23.6 Å². The number of halogens is 1. The topological polar surface area (TPSA) is 64.6 Å². The normalized spacial score (nSPS) is 10.2. The molecule has 26 heavy (non-hydrogen) atoms. The highest BCUT2D eigenvalue weighted by atomic mass is 32.2. The highest BCUT2D eigenvalue weighted by molar-refractivity contribution is 8.00. The summed E-state index contributed by atoms with van der Waals surface area (Å²) in [5.74, 6) is -0.606. The third-order valence-electron chi connectivity index (χ3n) is 3.44. The first kappa shape index (κ1) is 19.8. The van der Waals surface area contributed by atoms with Crippen molar-refractivity contribution in [2.75, 3.05) is 26.0 Å². The van der Waals surface area contributed by atoms with Crippen LogP contribution in [0.15, 0.2) is 53.4 Å². The van der Waals surface area contributed by atoms with Crippen LogP contribution in [0.4, 0.5) is 4.39 Å². The SMILES string of the molecule is COc1ccc(CCNC(=O)COC(=O)CSc2ccccc2F)cc1. The van der Waals surface area contributed by atoms with E-state index in [1.165, 1.54) is 6.07 Å². The Morgan fingerprint density at radius 2 is 1.85 bits per heavy atom. The second-order valence-electron chi connectivity index (χ2n) is 5.33. The zero-order valence-electron chi connectivity index (χ0n) is 14.4. The largest absolute Gasteiger partial charge is 0.497 e. The summed E-state index contributed by atoms with van der Waals surface area (Å²) in [6, 6.07) is 13.7. The van der Waals surface area contributed by atoms with E-state index in [-0.39, 0.29) is 24.1 Å². The van der Waals surface area contributed by atoms with Crippen LogP contribution in [0, 0.1) is 5.82 Å². The number of hydrogen-bond donors (Lipinski definition) is 1. The van der Waals surface area contributed by atoms with E-state index in [0.717, 1.165) is 23.1 Å². The smallest absolute Gasteiger partial charge is 0.316 e. The third-order valence-corrected chi connectivity index (χ3v) is 4.46. The Labute approximate surface area is 155 Å². The van der Waals surface area contributed by atoms with Gasteiger partial charge in [-0.05, 0) is 36.2 Å². The average Bonchev–Trinajstić information content (AvgIpc) is 2.66. The number of ether oxygens (including phenoxy) is 2. The average molecular weight is 377 g/mol. The lowest BCUT2D eigenvalue weighted by Crippen LogP contribution is -2.30. The Bertz CT molecular complexity index is 737. The van der Waals surface area contributed by atoms with Gasteiger partial charge in [0.25, 0.3) is 5.91 Å². The number of carbonyl (C=O) groups excluding carboxylic acids is 2. The second-order valence-corrected chi connectivity index (χ2v) is 6.34. The van der Waals surface area contributed by atoms with Crippen LogP contribution in [0.2, 0.25) is 0 Å². The minimum atomic E-state index is -0.566. The monoisotopic (exact) mass is 377 g/mol. The number of amides is 1. The lowest BCUT2D eigenvalue weighted by Gasteiger charge is -2.07. The summed E-state index contributed by atoms with van der Waals surface area (Å²) >= 11 is 1.03. The van der Waals surface area contributed by atoms with Crippen molar-refractivity contribution < 1.29 is 23.5 Å². The molecule has 0 bridgehead atoms. The van der Waals surface area contributed by atoms with Crippen LogP contribution in [0.1, 0.15) is 5.56 Å². The highest BCUT2D eigenvalue weighted by Gasteiger charge is 2.10. The van der Waals surface area contributed by atoms with Gasteiger partial charge in [0.1, 0.15) is 11.6 Å². The summed E-state index contributed by atoms with van der Waals surface area (Å²) < 4.78 is 23.4. The molecule has 0 atom stereocenters. The molecule has 1 amide bonds. The molecule has 0 saturated carbocycles. The summed E-state index contributed by atoms with van der Waals surface area (Å²) in [6.07, 6.45) is 0.660. The van der Waals surface area contributed by atoms with Crippen LogP contribution in [-0.2, 0) is 20.7 Å². The number of esters is 1. The van der Waals surface area contributed by atoms with Gasteiger partial charge < -0.3 is 14.8 Å². The lowest BCUT2D eigenvalue weighted by molar-refractivity contribution is -0.145. The predicted octanol–water partition coefficient (Wildman–Crippen LogP) is 2.83. The number of benzene rings is 2. The molecule has 0 heterocycles. The van der Waals surface area contributed by atoms with Gasteiger partial charge >= 0.3 is 5.97 Å². The molecule has 0 aliphatic carbocycles. The number of nitrogens with one attached hydrogen (secondary N) is 1. The molecule has 0 fully saturated rings. The maximum atomic E-state index is 13.4. The Morgan fingerprint density at radius 1 is 1.12 bits per heavy atom. The Balaban J connectivity index is 1.61. The van der Waals surface area contributed by atoms with Crippen molar-refractivity contribution in [2.24, 2.45) is 0 Å². The molecule has 0 saturated heterocycles. The van der Waals surface area contributed by atoms with Gasteiger partial charge in [0.15, 0.2) is 6.61 Å². The fraction of sp³-hybridized carbons (Fsp3) is 0.263. The summed E-state index contributed by atoms with van der Waals surface area (Å²) in [7, 11) is 1.60. The maximum Gasteiger partial charge on any atom is 0.316 e. The standard InChI is InChI=1S/C19H20FNO4S/c1-24-15-8-6-14(7-9-15)10-11-21-18(22)12-25-19(23)13-26-17-5-3-2-4-16(17)20/h2-9H,10-13H2,1H3,(H,21,22). The summed E-state index contributed by atoms with van der Waals surface area (Å²) in [4.78, 5) is 23.7. The van der Waals surface area contributed by atoms with Gasteiger partial charge in [-0.15, -0.1) is 11.8 Å². The highest BCUT2D eigenvalue weighted by Crippen LogP contribution is 2.21. The van der Waals surface area contributed by atoms with Crippen molar-refractivity contribution in [2.45, 2.75) is 11.3 Å². The second kappa shape index (κ2) is 10.5. The van der Waals surface area contributed by atoms with Gasteiger partial charge in [0.05, 0.1) is 12.9 Å². The number of carbonyl (C=O) groups is 2. The molecule has 0 aromatic heterocycles. The van der Waals surface area contributed by atoms with Crippen LogP contribution in [0.5, 0.6) is 5.75 Å². The van der Waals surface area contributed by atoms with Gasteiger partial charge in [-0.25, -0.2) is 4.39 Å². The summed E-state index contributed by atoms with van der Waals surface area (Å²) in [5.41, 5.74) is 1.06. The van der Waals surface area contributed by atoms with E-state index in [9.17, 15) is 14.0 Å². The van der Waals surface area contributed by atoms with Crippen LogP contribution in [-0.4, -0.2) is 37.9 Å². The maximum absolute atomic E-state index is 13.4. The van der Waals surface area contributed by atoms with Gasteiger partial charge in [-0.2, -0.15) is 0 Å². The molecule has 1 N–H and O–H groups in total. The van der Waals surface area contributed by atoms with E-state index < -0.39 is 5.97 Å². The molecule has 2 aromatic rings. The molecule has 0 spiro atoms. The molecular weight excluding hydrogens is 357 g/mol. The summed E-state index contributed by atoms with van der Waals surface area (Å²) in [5, 5.41) is 2.68. The number of rotatable bonds is 9. The molecule has 0 radical (unpaired) electrons. The number of methoxy groups -OCH3 is 1. The Kier molecular flexibility index (Phi) is 7.95. The molecule has 0 aliphatic rings. The van der Waals surface area contributed by atoms with Crippen molar-refractivity contribution in [1.29, 1.82) is 0 Å². The van der Waals surface area contributed by atoms with Crippen LogP contribution < -0.4 is 10.1 Å². The van der Waals surface area contributed by atoms with E-state index in [2.05, 4.69) is 5.32 Å². The van der Waals surface area contributed by atoms with Crippen molar-refractivity contribution in [3.05, 3.63) is 59.9 Å². The molecule has 0 aliphatic heterocycles. The molecule has 2 aromatic carbocycles. The fourth-order valence-corrected chi connectivity index (χ4v) is 2.81. The van der Waals surface area contributed by atoms with E-state index in [4.69, 9.17) is 9.47 Å². The Morgan fingerprint density at radius 3 is 2.54 bits per heavy atom. The minimum absolute atomic E-state index is 0.0555. The first-order chi connectivity index (χ1) is 12.6. The van der Waals surface area contributed by atoms with Gasteiger partial charge in [0, 0.05) is 11.4 Å². The first-order valence-electron chi connectivity index (χ1n) is 8.01. The van der Waals surface area contributed by atoms with Crippen LogP contribution >= 0.6 is 11.8 Å².